The number of aromatic nitrogens is 3. The Labute approximate surface area is 378 Å². The van der Waals surface area contributed by atoms with Crippen LogP contribution < -0.4 is 31.0 Å². The molecule has 2 aliphatic rings. The number of aliphatic hydroxyl groups is 1. The number of aryl methyl sites for hydroxylation is 2. The van der Waals surface area contributed by atoms with Gasteiger partial charge in [-0.15, -0.1) is 11.3 Å². The van der Waals surface area contributed by atoms with E-state index < -0.39 is 29.5 Å². The summed E-state index contributed by atoms with van der Waals surface area (Å²) in [6.45, 7) is 12.6. The number of likely N-dealkylation sites (tertiary alicyclic amines) is 1. The lowest BCUT2D eigenvalue weighted by atomic mass is 9.85. The molecule has 17 nitrogen and oxygen atoms in total. The number of hydrogen-bond donors (Lipinski definition) is 5. The Morgan fingerprint density at radius 3 is 2.45 bits per heavy atom. The molecule has 0 aliphatic carbocycles. The number of carbonyl (C=O) groups excluding carboxylic acids is 4. The fourth-order valence-electron chi connectivity index (χ4n) is 7.42. The van der Waals surface area contributed by atoms with Crippen LogP contribution in [0.2, 0.25) is 0 Å². The Bertz CT molecular complexity index is 2240. The first kappa shape index (κ1) is 47.5. The molecule has 2 aromatic heterocycles. The van der Waals surface area contributed by atoms with Crippen molar-refractivity contribution < 1.29 is 33.8 Å². The second kappa shape index (κ2) is 22.6. The van der Waals surface area contributed by atoms with Crippen LogP contribution in [-0.4, -0.2) is 119 Å². The molecule has 2 aliphatic heterocycles. The van der Waals surface area contributed by atoms with Crippen LogP contribution in [0.25, 0.3) is 10.4 Å². The number of ether oxygens (including phenoxy) is 2. The molecule has 342 valence electrons. The average Bonchev–Trinajstić information content (AvgIpc) is 3.90. The van der Waals surface area contributed by atoms with E-state index >= 15 is 0 Å². The maximum absolute atomic E-state index is 14.0. The van der Waals surface area contributed by atoms with E-state index in [1.807, 2.05) is 88.7 Å². The summed E-state index contributed by atoms with van der Waals surface area (Å²) in [6.07, 6.45) is 2.11. The molecule has 2 fully saturated rings. The second-order valence-electron chi connectivity index (χ2n) is 17.1. The minimum absolute atomic E-state index is 0.0153. The van der Waals surface area contributed by atoms with Crippen LogP contribution in [-0.2, 0) is 30.5 Å². The minimum Gasteiger partial charge on any atom is -0.461 e. The first-order valence-corrected chi connectivity index (χ1v) is 22.6. The third-order valence-electron chi connectivity index (χ3n) is 10.9. The fraction of sp³-hybridized carbons (Fsp3) is 0.478. The predicted molar refractivity (Wildman–Crippen MR) is 246 cm³/mol. The zero-order chi connectivity index (χ0) is 45.6. The zero-order valence-electron chi connectivity index (χ0n) is 37.3. The highest BCUT2D eigenvalue weighted by Gasteiger charge is 2.44. The number of thiazole rings is 1. The van der Waals surface area contributed by atoms with Gasteiger partial charge < -0.3 is 40.3 Å². The van der Waals surface area contributed by atoms with Crippen LogP contribution in [0.15, 0.2) is 65.2 Å². The molecule has 3 atom stereocenters. The number of morpholine rings is 1. The highest BCUT2D eigenvalue weighted by Crippen LogP contribution is 2.29. The molecular formula is C46H60N10O7S. The quantitative estimate of drug-likeness (QED) is 0.0505. The summed E-state index contributed by atoms with van der Waals surface area (Å²) in [6, 6.07) is 15.9. The Morgan fingerprint density at radius 1 is 1.00 bits per heavy atom. The number of carbonyl (C=O) groups is 4. The normalized spacial score (nSPS) is 17.0. The van der Waals surface area contributed by atoms with E-state index in [0.29, 0.717) is 50.8 Å². The average molecular weight is 897 g/mol. The highest BCUT2D eigenvalue weighted by atomic mass is 32.1. The number of unbranched alkanes of at least 4 members (excludes halogenated alkanes) is 1. The van der Waals surface area contributed by atoms with Crippen molar-refractivity contribution in [3.63, 3.8) is 0 Å². The molecule has 0 bridgehead atoms. The number of hydrogen-bond acceptors (Lipinski definition) is 14. The number of rotatable bonds is 19. The zero-order valence-corrected chi connectivity index (χ0v) is 38.1. The molecule has 2 saturated heterocycles. The molecule has 4 amide bonds. The highest BCUT2D eigenvalue weighted by molar-refractivity contribution is 7.13. The summed E-state index contributed by atoms with van der Waals surface area (Å²) in [7, 11) is 0. The number of nitrogens with zero attached hydrogens (tertiary/aromatic N) is 6. The third kappa shape index (κ3) is 13.8. The van der Waals surface area contributed by atoms with Gasteiger partial charge in [-0.2, -0.15) is 15.1 Å². The van der Waals surface area contributed by atoms with Gasteiger partial charge in [0.1, 0.15) is 24.5 Å². The number of nitrogens with one attached hydrogen (secondary N) is 4. The van der Waals surface area contributed by atoms with Crippen molar-refractivity contribution in [3.8, 4) is 16.5 Å². The number of anilines is 2. The minimum atomic E-state index is -0.941. The maximum Gasteiger partial charge on any atom is 0.320 e. The lowest BCUT2D eigenvalue weighted by Crippen LogP contribution is -2.57. The van der Waals surface area contributed by atoms with E-state index in [2.05, 4.69) is 46.3 Å². The first-order chi connectivity index (χ1) is 30.7. The SMILES string of the molecule is Cc1cccc(/C=N/Nc2cc(N3CCOCC3)nc(OCCNC(=O)CCCCC(=O)N[C@H](C(=O)N3C[C@H](O)C[C@H]3C(=O)NCc3ccc(-c4scnc4C)cc3)C(C)(C)C)n2)c1. The van der Waals surface area contributed by atoms with Gasteiger partial charge in [0.15, 0.2) is 5.82 Å². The van der Waals surface area contributed by atoms with Crippen molar-refractivity contribution in [2.24, 2.45) is 10.5 Å². The largest absolute Gasteiger partial charge is 0.461 e. The summed E-state index contributed by atoms with van der Waals surface area (Å²) < 4.78 is 11.3. The van der Waals surface area contributed by atoms with Crippen LogP contribution in [0.3, 0.4) is 0 Å². The summed E-state index contributed by atoms with van der Waals surface area (Å²) in [4.78, 5) is 71.2. The molecule has 0 radical (unpaired) electrons. The standard InChI is InChI=1S/C46H60N10O7S/c1-30-9-8-10-33(23-30)27-50-54-37-25-38(55-18-21-62-22-19-55)52-45(51-37)63-20-17-47-39(58)11-6-7-12-40(59)53-42(46(3,4)5)44(61)56-28-35(57)24-36(56)43(60)48-26-32-13-15-34(16-14-32)41-31(2)49-29-64-41/h8-10,13-16,23,25,27,29,35-36,42,57H,6-7,11-12,17-22,24,26,28H2,1-5H3,(H,47,58)(H,48,60)(H,53,59)(H,51,52,54)/b50-27+/t35-,36+,42-/m1/s1. The number of benzene rings is 2. The topological polar surface area (TPSA) is 213 Å². The Balaban J connectivity index is 0.925. The lowest BCUT2D eigenvalue weighted by molar-refractivity contribution is -0.144. The van der Waals surface area contributed by atoms with Gasteiger partial charge in [-0.3, -0.25) is 24.6 Å². The van der Waals surface area contributed by atoms with Gasteiger partial charge in [0.2, 0.25) is 23.6 Å². The third-order valence-corrected chi connectivity index (χ3v) is 11.9. The summed E-state index contributed by atoms with van der Waals surface area (Å²) in [5.74, 6) is -0.201. The van der Waals surface area contributed by atoms with E-state index in [9.17, 15) is 24.3 Å². The van der Waals surface area contributed by atoms with Gasteiger partial charge in [-0.1, -0.05) is 74.9 Å². The molecule has 4 heterocycles. The second-order valence-corrected chi connectivity index (χ2v) is 18.0. The Kier molecular flexibility index (Phi) is 16.8. The summed E-state index contributed by atoms with van der Waals surface area (Å²) in [5.41, 5.74) is 9.07. The van der Waals surface area contributed by atoms with Crippen molar-refractivity contribution in [2.45, 2.75) is 91.5 Å². The van der Waals surface area contributed by atoms with Crippen LogP contribution in [0.4, 0.5) is 11.6 Å². The van der Waals surface area contributed by atoms with Gasteiger partial charge in [-0.25, -0.2) is 4.98 Å². The molecule has 18 heteroatoms. The van der Waals surface area contributed by atoms with Crippen LogP contribution in [0.1, 0.15) is 75.3 Å². The van der Waals surface area contributed by atoms with Gasteiger partial charge in [0, 0.05) is 51.5 Å². The maximum atomic E-state index is 14.0. The smallest absolute Gasteiger partial charge is 0.320 e. The van der Waals surface area contributed by atoms with E-state index in [4.69, 9.17) is 9.47 Å². The van der Waals surface area contributed by atoms with Gasteiger partial charge in [0.25, 0.3) is 0 Å². The van der Waals surface area contributed by atoms with E-state index in [1.54, 1.807) is 23.6 Å². The number of β-amino-alcohol motifs (C(OH)–C–C–N with tert-alkyl or cyclic N) is 1. The number of hydrazone groups is 1. The monoisotopic (exact) mass is 896 g/mol. The van der Waals surface area contributed by atoms with Crippen LogP contribution >= 0.6 is 11.3 Å². The first-order valence-electron chi connectivity index (χ1n) is 21.8. The Morgan fingerprint density at radius 2 is 1.75 bits per heavy atom. The molecule has 0 spiro atoms. The van der Waals surface area contributed by atoms with E-state index in [-0.39, 0.29) is 69.2 Å². The van der Waals surface area contributed by atoms with Crippen molar-refractivity contribution in [1.82, 2.24) is 35.8 Å². The van der Waals surface area contributed by atoms with Crippen molar-refractivity contribution >= 4 is 52.8 Å². The Hall–Kier alpha value is -5.98. The van der Waals surface area contributed by atoms with Gasteiger partial charge >= 0.3 is 6.01 Å². The van der Waals surface area contributed by atoms with E-state index in [1.165, 1.54) is 4.90 Å². The fourth-order valence-corrected chi connectivity index (χ4v) is 8.23. The molecule has 2 aromatic carbocycles. The lowest BCUT2D eigenvalue weighted by Gasteiger charge is -2.35. The van der Waals surface area contributed by atoms with E-state index in [0.717, 1.165) is 32.8 Å². The molecular weight excluding hydrogens is 837 g/mol. The molecule has 4 aromatic rings. The molecule has 0 unspecified atom stereocenters. The van der Waals surface area contributed by atoms with Crippen molar-refractivity contribution in [1.29, 1.82) is 0 Å². The van der Waals surface area contributed by atoms with Crippen LogP contribution in [0.5, 0.6) is 6.01 Å². The molecule has 64 heavy (non-hydrogen) atoms. The summed E-state index contributed by atoms with van der Waals surface area (Å²) >= 11 is 1.57. The van der Waals surface area contributed by atoms with Gasteiger partial charge in [0.05, 0.1) is 48.2 Å². The predicted octanol–water partition coefficient (Wildman–Crippen LogP) is 4.36. The van der Waals surface area contributed by atoms with Crippen LogP contribution in [0, 0.1) is 19.3 Å². The molecule has 6 rings (SSSR count). The molecule has 5 N–H and O–H groups in total. The van der Waals surface area contributed by atoms with Gasteiger partial charge in [-0.05, 0) is 48.8 Å². The number of amides is 4. The summed E-state index contributed by atoms with van der Waals surface area (Å²) in [5, 5.41) is 23.6. The van der Waals surface area contributed by atoms with Crippen molar-refractivity contribution in [2.75, 3.05) is 56.3 Å². The number of aliphatic hydroxyl groups excluding tert-OH is 1. The molecule has 0 saturated carbocycles. The van der Waals surface area contributed by atoms with Crippen molar-refractivity contribution in [3.05, 3.63) is 82.5 Å².